The molecule has 0 fully saturated rings. The standard InChI is InChI=1S/C22H26N2O3S/c1-22(2)15-14-20(18-6-4-5-7-19(18)22)24-21(25)13-10-16-8-11-17(12-9-16)28(26,27)23-3/h4-13,20,23H,14-15H2,1-3H3,(H,24,25)/b13-10+. The Balaban J connectivity index is 1.69. The SMILES string of the molecule is CNS(=O)(=O)c1ccc(/C=C/C(=O)NC2CCC(C)(C)c3ccccc32)cc1. The van der Waals surface area contributed by atoms with Crippen molar-refractivity contribution in [3.63, 3.8) is 0 Å². The summed E-state index contributed by atoms with van der Waals surface area (Å²) in [7, 11) is -2.08. The van der Waals surface area contributed by atoms with Crippen LogP contribution in [0.25, 0.3) is 6.08 Å². The Morgan fingerprint density at radius 3 is 2.46 bits per heavy atom. The molecule has 1 aliphatic carbocycles. The number of carbonyl (C=O) groups excluding carboxylic acids is 1. The van der Waals surface area contributed by atoms with E-state index in [0.29, 0.717) is 0 Å². The van der Waals surface area contributed by atoms with Crippen LogP contribution in [0.1, 0.15) is 49.4 Å². The van der Waals surface area contributed by atoms with E-state index in [1.807, 2.05) is 12.1 Å². The van der Waals surface area contributed by atoms with Crippen LogP contribution in [0.15, 0.2) is 59.5 Å². The first-order chi connectivity index (χ1) is 13.2. The lowest BCUT2D eigenvalue weighted by Gasteiger charge is -2.37. The molecule has 0 spiro atoms. The second kappa shape index (κ2) is 7.89. The van der Waals surface area contributed by atoms with Crippen molar-refractivity contribution in [2.75, 3.05) is 7.05 Å². The van der Waals surface area contributed by atoms with Crippen molar-refractivity contribution in [1.29, 1.82) is 0 Å². The lowest BCUT2D eigenvalue weighted by Crippen LogP contribution is -2.34. The maximum Gasteiger partial charge on any atom is 0.244 e. The molecule has 6 heteroatoms. The zero-order valence-corrected chi connectivity index (χ0v) is 17.2. The van der Waals surface area contributed by atoms with Gasteiger partial charge in [-0.2, -0.15) is 0 Å². The highest BCUT2D eigenvalue weighted by Gasteiger charge is 2.32. The van der Waals surface area contributed by atoms with Crippen molar-refractivity contribution >= 4 is 22.0 Å². The third-order valence-corrected chi connectivity index (χ3v) is 6.76. The molecule has 1 aliphatic rings. The molecule has 0 bridgehead atoms. The molecule has 0 aromatic heterocycles. The predicted molar refractivity (Wildman–Crippen MR) is 111 cm³/mol. The van der Waals surface area contributed by atoms with Gasteiger partial charge in [-0.1, -0.05) is 50.2 Å². The average Bonchev–Trinajstić information content (AvgIpc) is 2.69. The fourth-order valence-electron chi connectivity index (χ4n) is 3.63. The molecule has 0 saturated heterocycles. The van der Waals surface area contributed by atoms with Gasteiger partial charge in [-0.3, -0.25) is 4.79 Å². The number of hydrogen-bond donors (Lipinski definition) is 2. The van der Waals surface area contributed by atoms with Crippen LogP contribution < -0.4 is 10.0 Å². The van der Waals surface area contributed by atoms with Crippen molar-refractivity contribution in [2.24, 2.45) is 0 Å². The lowest BCUT2D eigenvalue weighted by atomic mass is 9.71. The Kier molecular flexibility index (Phi) is 5.72. The molecule has 1 unspecified atom stereocenters. The topological polar surface area (TPSA) is 75.3 Å². The average molecular weight is 399 g/mol. The molecular weight excluding hydrogens is 372 g/mol. The molecule has 5 nitrogen and oxygen atoms in total. The number of nitrogens with one attached hydrogen (secondary N) is 2. The minimum Gasteiger partial charge on any atom is -0.346 e. The summed E-state index contributed by atoms with van der Waals surface area (Å²) in [4.78, 5) is 12.6. The Labute approximate surface area is 166 Å². The van der Waals surface area contributed by atoms with Gasteiger partial charge in [0.05, 0.1) is 10.9 Å². The van der Waals surface area contributed by atoms with E-state index in [0.717, 1.165) is 18.4 Å². The summed E-state index contributed by atoms with van der Waals surface area (Å²) < 4.78 is 25.8. The van der Waals surface area contributed by atoms with Crippen LogP contribution in [-0.2, 0) is 20.2 Å². The highest BCUT2D eigenvalue weighted by molar-refractivity contribution is 7.89. The van der Waals surface area contributed by atoms with Crippen LogP contribution >= 0.6 is 0 Å². The van der Waals surface area contributed by atoms with Gasteiger partial charge >= 0.3 is 0 Å². The molecule has 0 aliphatic heterocycles. The van der Waals surface area contributed by atoms with Gasteiger partial charge in [-0.25, -0.2) is 13.1 Å². The molecule has 0 heterocycles. The molecule has 0 saturated carbocycles. The van der Waals surface area contributed by atoms with E-state index in [1.54, 1.807) is 18.2 Å². The predicted octanol–water partition coefficient (Wildman–Crippen LogP) is 3.54. The quantitative estimate of drug-likeness (QED) is 0.757. The lowest BCUT2D eigenvalue weighted by molar-refractivity contribution is -0.117. The first-order valence-corrected chi connectivity index (χ1v) is 10.8. The molecule has 0 radical (unpaired) electrons. The molecule has 28 heavy (non-hydrogen) atoms. The van der Waals surface area contributed by atoms with Crippen LogP contribution in [-0.4, -0.2) is 21.4 Å². The first-order valence-electron chi connectivity index (χ1n) is 9.34. The highest BCUT2D eigenvalue weighted by atomic mass is 32.2. The van der Waals surface area contributed by atoms with Gasteiger partial charge in [-0.05, 0) is 60.2 Å². The van der Waals surface area contributed by atoms with Gasteiger partial charge in [0.1, 0.15) is 0 Å². The number of amides is 1. The molecule has 3 rings (SSSR count). The summed E-state index contributed by atoms with van der Waals surface area (Å²) in [5.41, 5.74) is 3.35. The monoisotopic (exact) mass is 398 g/mol. The van der Waals surface area contributed by atoms with E-state index < -0.39 is 10.0 Å². The van der Waals surface area contributed by atoms with Crippen molar-refractivity contribution in [3.8, 4) is 0 Å². The van der Waals surface area contributed by atoms with Crippen LogP contribution in [0.3, 0.4) is 0 Å². The Morgan fingerprint density at radius 1 is 1.11 bits per heavy atom. The molecular formula is C22H26N2O3S. The summed E-state index contributed by atoms with van der Waals surface area (Å²) in [6, 6.07) is 14.7. The normalized spacial score (nSPS) is 18.6. The smallest absolute Gasteiger partial charge is 0.244 e. The van der Waals surface area contributed by atoms with Gasteiger partial charge in [0, 0.05) is 6.08 Å². The van der Waals surface area contributed by atoms with Crippen LogP contribution in [0.2, 0.25) is 0 Å². The number of rotatable bonds is 5. The fraction of sp³-hybridized carbons (Fsp3) is 0.318. The van der Waals surface area contributed by atoms with Crippen LogP contribution in [0.5, 0.6) is 0 Å². The van der Waals surface area contributed by atoms with Gasteiger partial charge < -0.3 is 5.32 Å². The molecule has 148 valence electrons. The third kappa shape index (κ3) is 4.34. The highest BCUT2D eigenvalue weighted by Crippen LogP contribution is 2.41. The second-order valence-corrected chi connectivity index (χ2v) is 9.57. The van der Waals surface area contributed by atoms with Crippen molar-refractivity contribution in [2.45, 2.75) is 43.0 Å². The number of hydrogen-bond acceptors (Lipinski definition) is 3. The number of benzene rings is 2. The number of carbonyl (C=O) groups is 1. The van der Waals surface area contributed by atoms with Crippen molar-refractivity contribution < 1.29 is 13.2 Å². The zero-order valence-electron chi connectivity index (χ0n) is 16.4. The third-order valence-electron chi connectivity index (χ3n) is 5.33. The van der Waals surface area contributed by atoms with E-state index in [-0.39, 0.29) is 22.3 Å². The number of sulfonamides is 1. The zero-order chi connectivity index (χ0) is 20.4. The Bertz CT molecular complexity index is 993. The van der Waals surface area contributed by atoms with Crippen LogP contribution in [0.4, 0.5) is 0 Å². The summed E-state index contributed by atoms with van der Waals surface area (Å²) in [6.45, 7) is 4.48. The van der Waals surface area contributed by atoms with Gasteiger partial charge in [-0.15, -0.1) is 0 Å². The van der Waals surface area contributed by atoms with Gasteiger partial charge in [0.2, 0.25) is 15.9 Å². The largest absolute Gasteiger partial charge is 0.346 e. The number of fused-ring (bicyclic) bond motifs is 1. The van der Waals surface area contributed by atoms with E-state index in [4.69, 9.17) is 0 Å². The van der Waals surface area contributed by atoms with Crippen molar-refractivity contribution in [3.05, 3.63) is 71.3 Å². The van der Waals surface area contributed by atoms with E-state index in [2.05, 4.69) is 36.0 Å². The first kappa shape index (κ1) is 20.3. The van der Waals surface area contributed by atoms with Crippen LogP contribution in [0, 0.1) is 0 Å². The van der Waals surface area contributed by atoms with E-state index in [1.165, 1.54) is 36.4 Å². The molecule has 2 aromatic rings. The van der Waals surface area contributed by atoms with Gasteiger partial charge in [0.15, 0.2) is 0 Å². The maximum absolute atomic E-state index is 12.4. The van der Waals surface area contributed by atoms with E-state index >= 15 is 0 Å². The minimum absolute atomic E-state index is 0.00419. The molecule has 1 amide bonds. The van der Waals surface area contributed by atoms with E-state index in [9.17, 15) is 13.2 Å². The molecule has 2 N–H and O–H groups in total. The summed E-state index contributed by atoms with van der Waals surface area (Å²) in [5.74, 6) is -0.161. The summed E-state index contributed by atoms with van der Waals surface area (Å²) >= 11 is 0. The van der Waals surface area contributed by atoms with Gasteiger partial charge in [0.25, 0.3) is 0 Å². The minimum atomic E-state index is -3.46. The maximum atomic E-state index is 12.4. The fourth-order valence-corrected chi connectivity index (χ4v) is 4.36. The summed E-state index contributed by atoms with van der Waals surface area (Å²) in [6.07, 6.45) is 5.09. The Morgan fingerprint density at radius 2 is 1.79 bits per heavy atom. The van der Waals surface area contributed by atoms with Crippen molar-refractivity contribution in [1.82, 2.24) is 10.0 Å². The molecule has 2 aromatic carbocycles. The second-order valence-electron chi connectivity index (χ2n) is 7.68. The summed E-state index contributed by atoms with van der Waals surface area (Å²) in [5, 5.41) is 3.10. The molecule has 1 atom stereocenters. The Hall–Kier alpha value is -2.44.